The first-order chi connectivity index (χ1) is 5.70. The molecule has 0 aliphatic heterocycles. The Morgan fingerprint density at radius 2 is 1.67 bits per heavy atom. The Morgan fingerprint density at radius 1 is 1.17 bits per heavy atom. The Morgan fingerprint density at radius 3 is 2.00 bits per heavy atom. The van der Waals surface area contributed by atoms with E-state index in [0.717, 1.165) is 5.92 Å². The molecule has 0 radical (unpaired) electrons. The van der Waals surface area contributed by atoms with Gasteiger partial charge in [0.15, 0.2) is 0 Å². The lowest BCUT2D eigenvalue weighted by Gasteiger charge is -2.19. The fourth-order valence-corrected chi connectivity index (χ4v) is 1.13. The van der Waals surface area contributed by atoms with Gasteiger partial charge in [-0.15, -0.1) is 0 Å². The van der Waals surface area contributed by atoms with E-state index in [-0.39, 0.29) is 0 Å². The molecule has 0 rings (SSSR count). The second-order valence-corrected chi connectivity index (χ2v) is 3.28. The summed E-state index contributed by atoms with van der Waals surface area (Å²) in [6.07, 6.45) is 2.57. The van der Waals surface area contributed by atoms with Crippen LogP contribution < -0.4 is 0 Å². The van der Waals surface area contributed by atoms with Crippen molar-refractivity contribution in [1.82, 2.24) is 4.90 Å². The van der Waals surface area contributed by atoms with E-state index < -0.39 is 0 Å². The van der Waals surface area contributed by atoms with Gasteiger partial charge < -0.3 is 4.90 Å². The average molecular weight is 173 g/mol. The highest BCUT2D eigenvalue weighted by molar-refractivity contribution is 4.55. The summed E-state index contributed by atoms with van der Waals surface area (Å²) in [5, 5.41) is 0. The minimum absolute atomic E-state index is 0.858. The molecule has 76 valence electrons. The Kier molecular flexibility index (Phi) is 13.2. The lowest BCUT2D eigenvalue weighted by Crippen LogP contribution is -2.24. The van der Waals surface area contributed by atoms with Crippen molar-refractivity contribution < 1.29 is 0 Å². The van der Waals surface area contributed by atoms with Crippen LogP contribution in [0.4, 0.5) is 0 Å². The van der Waals surface area contributed by atoms with Crippen molar-refractivity contribution in [3.05, 3.63) is 0 Å². The first-order valence-corrected chi connectivity index (χ1v) is 5.39. The minimum Gasteiger partial charge on any atom is -0.306 e. The molecule has 0 saturated heterocycles. The Hall–Kier alpha value is -0.0400. The van der Waals surface area contributed by atoms with Crippen LogP contribution in [-0.4, -0.2) is 25.0 Å². The molecule has 0 fully saturated rings. The van der Waals surface area contributed by atoms with Gasteiger partial charge in [0, 0.05) is 6.54 Å². The van der Waals surface area contributed by atoms with Gasteiger partial charge >= 0.3 is 0 Å². The molecule has 0 aliphatic carbocycles. The van der Waals surface area contributed by atoms with Crippen molar-refractivity contribution in [3.63, 3.8) is 0 Å². The van der Waals surface area contributed by atoms with Crippen molar-refractivity contribution in [2.24, 2.45) is 5.92 Å². The predicted octanol–water partition coefficient (Wildman–Crippen LogP) is 3.40. The Balaban J connectivity index is 0. The molecule has 1 heteroatoms. The van der Waals surface area contributed by atoms with E-state index in [0.29, 0.717) is 0 Å². The molecule has 0 aromatic rings. The zero-order valence-corrected chi connectivity index (χ0v) is 9.85. The maximum absolute atomic E-state index is 2.41. The summed E-state index contributed by atoms with van der Waals surface area (Å²) in [5.74, 6) is 0.858. The molecule has 0 aromatic carbocycles. The lowest BCUT2D eigenvalue weighted by molar-refractivity contribution is 0.283. The first kappa shape index (κ1) is 14.5. The molecule has 0 N–H and O–H groups in total. The van der Waals surface area contributed by atoms with E-state index in [1.807, 2.05) is 13.8 Å². The molecule has 1 atom stereocenters. The number of rotatable bonds is 5. The molecule has 0 bridgehead atoms. The van der Waals surface area contributed by atoms with Gasteiger partial charge in [-0.2, -0.15) is 0 Å². The smallest absolute Gasteiger partial charge is 0.000386 e. The monoisotopic (exact) mass is 173 g/mol. The fourth-order valence-electron chi connectivity index (χ4n) is 1.13. The largest absolute Gasteiger partial charge is 0.306 e. The van der Waals surface area contributed by atoms with Crippen molar-refractivity contribution in [2.45, 2.75) is 47.5 Å². The van der Waals surface area contributed by atoms with Crippen LogP contribution >= 0.6 is 0 Å². The van der Waals surface area contributed by atoms with Crippen LogP contribution in [0, 0.1) is 5.92 Å². The van der Waals surface area contributed by atoms with Crippen molar-refractivity contribution in [1.29, 1.82) is 0 Å². The standard InChI is InChI=1S/C9H21N.C2H6/c1-5-7-10(4)8-9(3)6-2;1-2/h9H,5-8H2,1-4H3;1-2H3. The summed E-state index contributed by atoms with van der Waals surface area (Å²) in [6, 6.07) is 0. The Labute approximate surface area is 79.2 Å². The third kappa shape index (κ3) is 9.96. The van der Waals surface area contributed by atoms with Gasteiger partial charge in [-0.25, -0.2) is 0 Å². The predicted molar refractivity (Wildman–Crippen MR) is 58.6 cm³/mol. The minimum atomic E-state index is 0.858. The van der Waals surface area contributed by atoms with Gasteiger partial charge in [-0.3, -0.25) is 0 Å². The second kappa shape index (κ2) is 11.0. The topological polar surface area (TPSA) is 3.24 Å². The van der Waals surface area contributed by atoms with E-state index in [9.17, 15) is 0 Å². The highest BCUT2D eigenvalue weighted by Crippen LogP contribution is 2.02. The van der Waals surface area contributed by atoms with Gasteiger partial charge in [0.05, 0.1) is 0 Å². The summed E-state index contributed by atoms with van der Waals surface area (Å²) in [7, 11) is 2.20. The molecule has 0 aliphatic rings. The van der Waals surface area contributed by atoms with Crippen LogP contribution in [0.3, 0.4) is 0 Å². The van der Waals surface area contributed by atoms with Gasteiger partial charge in [-0.1, -0.05) is 41.0 Å². The molecular formula is C11H27N. The summed E-state index contributed by atoms with van der Waals surface area (Å²) in [4.78, 5) is 2.41. The van der Waals surface area contributed by atoms with Gasteiger partial charge in [0.1, 0.15) is 0 Å². The SMILES string of the molecule is CC.CCCN(C)CC(C)CC. The molecule has 1 nitrogen and oxygen atoms in total. The first-order valence-electron chi connectivity index (χ1n) is 5.39. The van der Waals surface area contributed by atoms with Gasteiger partial charge in [0.2, 0.25) is 0 Å². The summed E-state index contributed by atoms with van der Waals surface area (Å²) >= 11 is 0. The zero-order valence-electron chi connectivity index (χ0n) is 9.85. The third-order valence-electron chi connectivity index (χ3n) is 1.93. The maximum Gasteiger partial charge on any atom is 0.000386 e. The highest BCUT2D eigenvalue weighted by atomic mass is 15.1. The van der Waals surface area contributed by atoms with Crippen LogP contribution in [0.2, 0.25) is 0 Å². The molecule has 0 heterocycles. The number of hydrogen-bond acceptors (Lipinski definition) is 1. The third-order valence-corrected chi connectivity index (χ3v) is 1.93. The molecule has 12 heavy (non-hydrogen) atoms. The zero-order chi connectivity index (χ0) is 9.98. The molecule has 0 amide bonds. The van der Waals surface area contributed by atoms with E-state index in [1.54, 1.807) is 0 Å². The van der Waals surface area contributed by atoms with Gasteiger partial charge in [0.25, 0.3) is 0 Å². The fraction of sp³-hybridized carbons (Fsp3) is 1.00. The van der Waals surface area contributed by atoms with Crippen molar-refractivity contribution >= 4 is 0 Å². The summed E-state index contributed by atoms with van der Waals surface area (Å²) in [5.41, 5.74) is 0. The van der Waals surface area contributed by atoms with Crippen LogP contribution in [-0.2, 0) is 0 Å². The quantitative estimate of drug-likeness (QED) is 0.616. The van der Waals surface area contributed by atoms with Crippen LogP contribution in [0.25, 0.3) is 0 Å². The van der Waals surface area contributed by atoms with Crippen LogP contribution in [0.1, 0.15) is 47.5 Å². The molecule has 0 spiro atoms. The maximum atomic E-state index is 2.41. The lowest BCUT2D eigenvalue weighted by atomic mass is 10.1. The number of nitrogens with zero attached hydrogens (tertiary/aromatic N) is 1. The van der Waals surface area contributed by atoms with Gasteiger partial charge in [-0.05, 0) is 25.9 Å². The molecule has 0 saturated carbocycles. The molecule has 0 aromatic heterocycles. The van der Waals surface area contributed by atoms with Crippen LogP contribution in [0.15, 0.2) is 0 Å². The van der Waals surface area contributed by atoms with Crippen molar-refractivity contribution in [3.8, 4) is 0 Å². The second-order valence-electron chi connectivity index (χ2n) is 3.28. The van der Waals surface area contributed by atoms with E-state index in [2.05, 4.69) is 32.7 Å². The number of hydrogen-bond donors (Lipinski definition) is 0. The summed E-state index contributed by atoms with van der Waals surface area (Å²) < 4.78 is 0. The Bertz CT molecular complexity index is 71.4. The average Bonchev–Trinajstić information content (AvgIpc) is 2.08. The van der Waals surface area contributed by atoms with E-state index in [1.165, 1.54) is 25.9 Å². The van der Waals surface area contributed by atoms with E-state index in [4.69, 9.17) is 0 Å². The molecular weight excluding hydrogens is 146 g/mol. The van der Waals surface area contributed by atoms with Crippen molar-refractivity contribution in [2.75, 3.05) is 20.1 Å². The highest BCUT2D eigenvalue weighted by Gasteiger charge is 2.01. The molecule has 1 unspecified atom stereocenters. The summed E-state index contributed by atoms with van der Waals surface area (Å²) in [6.45, 7) is 13.3. The normalized spacial score (nSPS) is 12.2. The van der Waals surface area contributed by atoms with E-state index >= 15 is 0 Å². The van der Waals surface area contributed by atoms with Crippen LogP contribution in [0.5, 0.6) is 0 Å².